The van der Waals surface area contributed by atoms with Gasteiger partial charge in [-0.25, -0.2) is 0 Å². The van der Waals surface area contributed by atoms with Gasteiger partial charge < -0.3 is 10.4 Å². The molecule has 0 aromatic heterocycles. The maximum atomic E-state index is 10.3. The van der Waals surface area contributed by atoms with Crippen LogP contribution in [0.1, 0.15) is 51.2 Å². The zero-order valence-corrected chi connectivity index (χ0v) is 12.4. The number of aliphatic hydroxyl groups is 1. The van der Waals surface area contributed by atoms with Crippen molar-refractivity contribution in [1.82, 2.24) is 5.32 Å². The van der Waals surface area contributed by atoms with Gasteiger partial charge in [-0.1, -0.05) is 51.5 Å². The third kappa shape index (κ3) is 4.05. The summed E-state index contributed by atoms with van der Waals surface area (Å²) in [5, 5.41) is 13.7. The first-order valence-electron chi connectivity index (χ1n) is 7.48. The molecule has 19 heavy (non-hydrogen) atoms. The summed E-state index contributed by atoms with van der Waals surface area (Å²) >= 11 is 0. The van der Waals surface area contributed by atoms with Gasteiger partial charge in [-0.15, -0.1) is 0 Å². The molecule has 0 bridgehead atoms. The maximum absolute atomic E-state index is 10.3. The Balaban J connectivity index is 1.95. The fraction of sp³-hybridized carbons (Fsp3) is 0.647. The highest BCUT2D eigenvalue weighted by molar-refractivity contribution is 5.28. The maximum Gasteiger partial charge on any atom is 0.0733 e. The Morgan fingerprint density at radius 2 is 1.89 bits per heavy atom. The molecular formula is C17H27NO. The zero-order valence-electron chi connectivity index (χ0n) is 12.4. The molecule has 1 aromatic rings. The van der Waals surface area contributed by atoms with E-state index in [2.05, 4.69) is 50.4 Å². The molecule has 0 aliphatic carbocycles. The molecule has 2 heteroatoms. The average Bonchev–Trinajstić information content (AvgIpc) is 2.39. The normalized spacial score (nSPS) is 22.2. The molecule has 1 heterocycles. The van der Waals surface area contributed by atoms with Crippen LogP contribution in [0.25, 0.3) is 0 Å². The molecule has 1 aliphatic rings. The minimum absolute atomic E-state index is 0.196. The molecule has 2 unspecified atom stereocenters. The number of rotatable bonds is 3. The number of hydrogen-bond donors (Lipinski definition) is 2. The summed E-state index contributed by atoms with van der Waals surface area (Å²) in [6.45, 7) is 7.72. The Morgan fingerprint density at radius 3 is 2.42 bits per heavy atom. The fourth-order valence-electron chi connectivity index (χ4n) is 2.73. The van der Waals surface area contributed by atoms with Crippen molar-refractivity contribution in [2.75, 3.05) is 6.54 Å². The van der Waals surface area contributed by atoms with Gasteiger partial charge in [0.1, 0.15) is 0 Å². The highest BCUT2D eigenvalue weighted by Crippen LogP contribution is 2.23. The molecular weight excluding hydrogens is 234 g/mol. The van der Waals surface area contributed by atoms with Gasteiger partial charge in [0.15, 0.2) is 0 Å². The quantitative estimate of drug-likeness (QED) is 0.876. The van der Waals surface area contributed by atoms with Crippen molar-refractivity contribution < 1.29 is 5.11 Å². The van der Waals surface area contributed by atoms with Crippen molar-refractivity contribution in [3.8, 4) is 0 Å². The van der Waals surface area contributed by atoms with Crippen LogP contribution in [0, 0.1) is 0 Å². The lowest BCUT2D eigenvalue weighted by Gasteiger charge is -2.28. The zero-order chi connectivity index (χ0) is 13.9. The summed E-state index contributed by atoms with van der Waals surface area (Å²) in [5.74, 6) is 0. The van der Waals surface area contributed by atoms with E-state index in [9.17, 15) is 5.11 Å². The largest absolute Gasteiger partial charge is 0.391 e. The van der Waals surface area contributed by atoms with Gasteiger partial charge in [-0.3, -0.25) is 0 Å². The first-order chi connectivity index (χ1) is 8.97. The SMILES string of the molecule is CC(C)(C)c1ccc(CC(O)C2CCCCN2)cc1. The van der Waals surface area contributed by atoms with Crippen LogP contribution in [0.2, 0.25) is 0 Å². The average molecular weight is 261 g/mol. The second kappa shape index (κ2) is 6.06. The number of piperidine rings is 1. The molecule has 1 saturated heterocycles. The molecule has 2 nitrogen and oxygen atoms in total. The molecule has 0 saturated carbocycles. The topological polar surface area (TPSA) is 32.3 Å². The standard InChI is InChI=1S/C17H27NO/c1-17(2,3)14-9-7-13(8-10-14)12-16(19)15-6-4-5-11-18-15/h7-10,15-16,18-19H,4-6,11-12H2,1-3H3. The number of aliphatic hydroxyl groups excluding tert-OH is 1. The molecule has 0 spiro atoms. The predicted octanol–water partition coefficient (Wildman–Crippen LogP) is 3.03. The lowest BCUT2D eigenvalue weighted by Crippen LogP contribution is -2.44. The van der Waals surface area contributed by atoms with Crippen LogP contribution in [0.4, 0.5) is 0 Å². The summed E-state index contributed by atoms with van der Waals surface area (Å²) in [6, 6.07) is 8.97. The van der Waals surface area contributed by atoms with Crippen molar-refractivity contribution in [2.45, 2.75) is 64.0 Å². The van der Waals surface area contributed by atoms with Gasteiger partial charge in [0.2, 0.25) is 0 Å². The third-order valence-corrected chi connectivity index (χ3v) is 4.08. The molecule has 2 atom stereocenters. The molecule has 106 valence electrons. The van der Waals surface area contributed by atoms with Crippen LogP contribution in [0.5, 0.6) is 0 Å². The highest BCUT2D eigenvalue weighted by atomic mass is 16.3. The highest BCUT2D eigenvalue weighted by Gasteiger charge is 2.21. The van der Waals surface area contributed by atoms with E-state index >= 15 is 0 Å². The van der Waals surface area contributed by atoms with Gasteiger partial charge in [-0.05, 0) is 42.3 Å². The minimum atomic E-state index is -0.263. The van der Waals surface area contributed by atoms with Gasteiger partial charge in [0, 0.05) is 6.04 Å². The van der Waals surface area contributed by atoms with Gasteiger partial charge >= 0.3 is 0 Å². The van der Waals surface area contributed by atoms with E-state index in [0.717, 1.165) is 19.4 Å². The van der Waals surface area contributed by atoms with E-state index < -0.39 is 0 Å². The third-order valence-electron chi connectivity index (χ3n) is 4.08. The molecule has 1 aromatic carbocycles. The van der Waals surface area contributed by atoms with E-state index in [0.29, 0.717) is 0 Å². The van der Waals surface area contributed by atoms with Crippen LogP contribution >= 0.6 is 0 Å². The molecule has 0 radical (unpaired) electrons. The van der Waals surface area contributed by atoms with Crippen molar-refractivity contribution in [3.05, 3.63) is 35.4 Å². The molecule has 1 aliphatic heterocycles. The van der Waals surface area contributed by atoms with Crippen LogP contribution in [0.15, 0.2) is 24.3 Å². The second-order valence-electron chi connectivity index (χ2n) is 6.77. The Labute approximate surface area is 117 Å². The Hall–Kier alpha value is -0.860. The minimum Gasteiger partial charge on any atom is -0.391 e. The van der Waals surface area contributed by atoms with Crippen molar-refractivity contribution >= 4 is 0 Å². The second-order valence-corrected chi connectivity index (χ2v) is 6.77. The van der Waals surface area contributed by atoms with Gasteiger partial charge in [-0.2, -0.15) is 0 Å². The molecule has 2 rings (SSSR count). The molecule has 1 fully saturated rings. The summed E-state index contributed by atoms with van der Waals surface area (Å²) in [6.07, 6.45) is 4.06. The fourth-order valence-corrected chi connectivity index (χ4v) is 2.73. The smallest absolute Gasteiger partial charge is 0.0733 e. The first-order valence-corrected chi connectivity index (χ1v) is 7.48. The molecule has 0 amide bonds. The molecule has 2 N–H and O–H groups in total. The van der Waals surface area contributed by atoms with E-state index in [-0.39, 0.29) is 17.6 Å². The number of nitrogens with one attached hydrogen (secondary N) is 1. The van der Waals surface area contributed by atoms with E-state index in [1.807, 2.05) is 0 Å². The summed E-state index contributed by atoms with van der Waals surface area (Å²) < 4.78 is 0. The monoisotopic (exact) mass is 261 g/mol. The van der Waals surface area contributed by atoms with Crippen LogP contribution in [-0.4, -0.2) is 23.8 Å². The summed E-state index contributed by atoms with van der Waals surface area (Å²) in [5.41, 5.74) is 2.77. The predicted molar refractivity (Wildman–Crippen MR) is 80.5 cm³/mol. The van der Waals surface area contributed by atoms with Gasteiger partial charge in [0.05, 0.1) is 6.10 Å². The van der Waals surface area contributed by atoms with E-state index in [1.165, 1.54) is 24.0 Å². The van der Waals surface area contributed by atoms with Crippen LogP contribution < -0.4 is 5.32 Å². The van der Waals surface area contributed by atoms with Crippen molar-refractivity contribution in [2.24, 2.45) is 0 Å². The first kappa shape index (κ1) is 14.5. The Kier molecular flexibility index (Phi) is 4.64. The summed E-state index contributed by atoms with van der Waals surface area (Å²) in [4.78, 5) is 0. The number of hydrogen-bond acceptors (Lipinski definition) is 2. The van der Waals surface area contributed by atoms with E-state index in [1.54, 1.807) is 0 Å². The Morgan fingerprint density at radius 1 is 1.21 bits per heavy atom. The number of benzene rings is 1. The van der Waals surface area contributed by atoms with Crippen molar-refractivity contribution in [1.29, 1.82) is 0 Å². The van der Waals surface area contributed by atoms with Gasteiger partial charge in [0.25, 0.3) is 0 Å². The lowest BCUT2D eigenvalue weighted by molar-refractivity contribution is 0.113. The van der Waals surface area contributed by atoms with Crippen molar-refractivity contribution in [3.63, 3.8) is 0 Å². The lowest BCUT2D eigenvalue weighted by atomic mass is 9.86. The van der Waals surface area contributed by atoms with E-state index in [4.69, 9.17) is 0 Å². The van der Waals surface area contributed by atoms with Crippen LogP contribution in [-0.2, 0) is 11.8 Å². The van der Waals surface area contributed by atoms with Crippen LogP contribution in [0.3, 0.4) is 0 Å². The Bertz CT molecular complexity index is 385. The summed E-state index contributed by atoms with van der Waals surface area (Å²) in [7, 11) is 0.